The van der Waals surface area contributed by atoms with Crippen molar-refractivity contribution in [3.05, 3.63) is 35.6 Å². The molecule has 1 aliphatic heterocycles. The largest absolute Gasteiger partial charge is 0.352 e. The predicted octanol–water partition coefficient (Wildman–Crippen LogP) is 0.778. The molecule has 5 heteroatoms. The van der Waals surface area contributed by atoms with Crippen LogP contribution in [0.2, 0.25) is 0 Å². The van der Waals surface area contributed by atoms with E-state index in [0.717, 1.165) is 31.7 Å². The van der Waals surface area contributed by atoms with Crippen molar-refractivity contribution in [2.45, 2.75) is 19.4 Å². The molecule has 0 spiro atoms. The molecule has 4 nitrogen and oxygen atoms in total. The number of amides is 1. The molecular weight excluding hydrogens is 257 g/mol. The van der Waals surface area contributed by atoms with Gasteiger partial charge < -0.3 is 10.6 Å². The summed E-state index contributed by atoms with van der Waals surface area (Å²) in [4.78, 5) is 14.1. The van der Waals surface area contributed by atoms with Crippen molar-refractivity contribution in [1.82, 2.24) is 15.5 Å². The van der Waals surface area contributed by atoms with E-state index in [9.17, 15) is 9.18 Å². The maximum atomic E-state index is 12.8. The molecule has 0 aromatic heterocycles. The summed E-state index contributed by atoms with van der Waals surface area (Å²) in [6.07, 6.45) is 0.716. The Morgan fingerprint density at radius 3 is 2.65 bits per heavy atom. The summed E-state index contributed by atoms with van der Waals surface area (Å²) in [5.41, 5.74) is 1.03. The van der Waals surface area contributed by atoms with Gasteiger partial charge in [-0.2, -0.15) is 0 Å². The van der Waals surface area contributed by atoms with E-state index >= 15 is 0 Å². The Labute approximate surface area is 119 Å². The van der Waals surface area contributed by atoms with Gasteiger partial charge in [0.2, 0.25) is 5.91 Å². The van der Waals surface area contributed by atoms with Crippen molar-refractivity contribution in [3.8, 4) is 0 Å². The van der Waals surface area contributed by atoms with Gasteiger partial charge in [0.1, 0.15) is 5.82 Å². The number of hydrogen-bond acceptors (Lipinski definition) is 3. The Balaban J connectivity index is 1.74. The topological polar surface area (TPSA) is 44.4 Å². The Hall–Kier alpha value is -1.46. The van der Waals surface area contributed by atoms with Gasteiger partial charge in [-0.1, -0.05) is 12.1 Å². The van der Waals surface area contributed by atoms with Gasteiger partial charge in [-0.05, 0) is 31.0 Å². The van der Waals surface area contributed by atoms with E-state index in [4.69, 9.17) is 0 Å². The van der Waals surface area contributed by atoms with E-state index in [-0.39, 0.29) is 17.8 Å². The molecule has 1 atom stereocenters. The first-order valence-corrected chi connectivity index (χ1v) is 7.10. The predicted molar refractivity (Wildman–Crippen MR) is 77.0 cm³/mol. The van der Waals surface area contributed by atoms with Crippen molar-refractivity contribution in [2.75, 3.05) is 32.7 Å². The molecule has 2 rings (SSSR count). The summed E-state index contributed by atoms with van der Waals surface area (Å²) in [6.45, 7) is 6.14. The van der Waals surface area contributed by atoms with Crippen LogP contribution in [0.1, 0.15) is 12.5 Å². The lowest BCUT2D eigenvalue weighted by molar-refractivity contribution is -0.122. The van der Waals surface area contributed by atoms with E-state index in [1.807, 2.05) is 6.92 Å². The zero-order valence-corrected chi connectivity index (χ0v) is 11.9. The third-order valence-electron chi connectivity index (χ3n) is 3.44. The first kappa shape index (κ1) is 14.9. The number of hydrogen-bond donors (Lipinski definition) is 2. The van der Waals surface area contributed by atoms with Crippen LogP contribution in [0.25, 0.3) is 0 Å². The Bertz CT molecular complexity index is 429. The second-order valence-corrected chi connectivity index (χ2v) is 5.33. The number of piperazine rings is 1. The monoisotopic (exact) mass is 279 g/mol. The van der Waals surface area contributed by atoms with Gasteiger partial charge in [-0.15, -0.1) is 0 Å². The molecule has 20 heavy (non-hydrogen) atoms. The lowest BCUT2D eigenvalue weighted by Crippen LogP contribution is -2.48. The van der Waals surface area contributed by atoms with Crippen molar-refractivity contribution in [1.29, 1.82) is 0 Å². The van der Waals surface area contributed by atoms with Gasteiger partial charge in [0, 0.05) is 32.2 Å². The number of carbonyl (C=O) groups is 1. The molecule has 110 valence electrons. The third kappa shape index (κ3) is 4.90. The number of rotatable bonds is 5. The number of nitrogens with one attached hydrogen (secondary N) is 2. The molecule has 2 N–H and O–H groups in total. The second-order valence-electron chi connectivity index (χ2n) is 5.33. The van der Waals surface area contributed by atoms with Gasteiger partial charge in [0.05, 0.1) is 6.54 Å². The lowest BCUT2D eigenvalue weighted by atomic mass is 10.1. The zero-order valence-electron chi connectivity index (χ0n) is 11.9. The minimum absolute atomic E-state index is 0.0517. The highest BCUT2D eigenvalue weighted by atomic mass is 19.1. The normalized spacial score (nSPS) is 17.7. The van der Waals surface area contributed by atoms with Gasteiger partial charge in [0.25, 0.3) is 0 Å². The molecular formula is C15H22FN3O. The number of benzene rings is 1. The van der Waals surface area contributed by atoms with Gasteiger partial charge in [-0.3, -0.25) is 9.69 Å². The fourth-order valence-corrected chi connectivity index (χ4v) is 2.42. The fourth-order valence-electron chi connectivity index (χ4n) is 2.42. The minimum Gasteiger partial charge on any atom is -0.352 e. The van der Waals surface area contributed by atoms with E-state index in [1.165, 1.54) is 12.1 Å². The minimum atomic E-state index is -0.232. The van der Waals surface area contributed by atoms with Crippen LogP contribution in [0, 0.1) is 5.82 Å². The van der Waals surface area contributed by atoms with Crippen LogP contribution in [0.3, 0.4) is 0 Å². The third-order valence-corrected chi connectivity index (χ3v) is 3.44. The van der Waals surface area contributed by atoms with E-state index in [0.29, 0.717) is 13.0 Å². The number of halogens is 1. The summed E-state index contributed by atoms with van der Waals surface area (Å²) in [5.74, 6) is -0.175. The van der Waals surface area contributed by atoms with Gasteiger partial charge >= 0.3 is 0 Å². The van der Waals surface area contributed by atoms with Crippen molar-refractivity contribution in [2.24, 2.45) is 0 Å². The Morgan fingerprint density at radius 1 is 1.35 bits per heavy atom. The average molecular weight is 279 g/mol. The van der Waals surface area contributed by atoms with Crippen LogP contribution in [0.5, 0.6) is 0 Å². The van der Waals surface area contributed by atoms with Crippen LogP contribution >= 0.6 is 0 Å². The second kappa shape index (κ2) is 7.36. The Kier molecular flexibility index (Phi) is 5.49. The smallest absolute Gasteiger partial charge is 0.234 e. The first-order chi connectivity index (χ1) is 9.63. The van der Waals surface area contributed by atoms with E-state index in [2.05, 4.69) is 15.5 Å². The van der Waals surface area contributed by atoms with Crippen molar-refractivity contribution < 1.29 is 9.18 Å². The van der Waals surface area contributed by atoms with Crippen molar-refractivity contribution in [3.63, 3.8) is 0 Å². The fraction of sp³-hybridized carbons (Fsp3) is 0.533. The SMILES string of the molecule is CC(Cc1ccc(F)cc1)NC(=O)CN1CCNCC1. The summed E-state index contributed by atoms with van der Waals surface area (Å²) >= 11 is 0. The first-order valence-electron chi connectivity index (χ1n) is 7.10. The quantitative estimate of drug-likeness (QED) is 0.837. The molecule has 1 unspecified atom stereocenters. The number of carbonyl (C=O) groups excluding carboxylic acids is 1. The lowest BCUT2D eigenvalue weighted by Gasteiger charge is -2.27. The molecule has 1 amide bonds. The van der Waals surface area contributed by atoms with E-state index < -0.39 is 0 Å². The number of nitrogens with zero attached hydrogens (tertiary/aromatic N) is 1. The summed E-state index contributed by atoms with van der Waals surface area (Å²) in [5, 5.41) is 6.26. The molecule has 0 saturated carbocycles. The molecule has 0 radical (unpaired) electrons. The Morgan fingerprint density at radius 2 is 2.00 bits per heavy atom. The highest BCUT2D eigenvalue weighted by Crippen LogP contribution is 2.05. The highest BCUT2D eigenvalue weighted by molar-refractivity contribution is 5.78. The molecule has 1 heterocycles. The maximum absolute atomic E-state index is 12.8. The molecule has 0 bridgehead atoms. The molecule has 0 aliphatic carbocycles. The van der Waals surface area contributed by atoms with Crippen LogP contribution in [0.15, 0.2) is 24.3 Å². The van der Waals surface area contributed by atoms with Crippen LogP contribution in [0.4, 0.5) is 4.39 Å². The highest BCUT2D eigenvalue weighted by Gasteiger charge is 2.15. The van der Waals surface area contributed by atoms with Gasteiger partial charge in [0.15, 0.2) is 0 Å². The standard InChI is InChI=1S/C15H22FN3O/c1-12(10-13-2-4-14(16)5-3-13)18-15(20)11-19-8-6-17-7-9-19/h2-5,12,17H,6-11H2,1H3,(H,18,20). The van der Waals surface area contributed by atoms with Crippen LogP contribution < -0.4 is 10.6 Å². The summed E-state index contributed by atoms with van der Waals surface area (Å²) in [7, 11) is 0. The average Bonchev–Trinajstić information content (AvgIpc) is 2.42. The van der Waals surface area contributed by atoms with E-state index in [1.54, 1.807) is 12.1 Å². The van der Waals surface area contributed by atoms with Crippen LogP contribution in [-0.2, 0) is 11.2 Å². The molecule has 1 fully saturated rings. The summed E-state index contributed by atoms with van der Waals surface area (Å²) < 4.78 is 12.8. The summed E-state index contributed by atoms with van der Waals surface area (Å²) in [6, 6.07) is 6.47. The molecule has 1 aromatic carbocycles. The molecule has 1 saturated heterocycles. The zero-order chi connectivity index (χ0) is 14.4. The van der Waals surface area contributed by atoms with Gasteiger partial charge in [-0.25, -0.2) is 4.39 Å². The van der Waals surface area contributed by atoms with Crippen molar-refractivity contribution >= 4 is 5.91 Å². The molecule has 1 aromatic rings. The maximum Gasteiger partial charge on any atom is 0.234 e. The van der Waals surface area contributed by atoms with Crippen LogP contribution in [-0.4, -0.2) is 49.6 Å². The molecule has 1 aliphatic rings.